The first-order chi connectivity index (χ1) is 10.7. The third-order valence-electron chi connectivity index (χ3n) is 4.82. The van der Waals surface area contributed by atoms with Gasteiger partial charge in [-0.3, -0.25) is 4.79 Å². The molecule has 0 radical (unpaired) electrons. The highest BCUT2D eigenvalue weighted by Crippen LogP contribution is 2.22. The minimum atomic E-state index is 0. The highest BCUT2D eigenvalue weighted by molar-refractivity contribution is 5.85. The molecule has 23 heavy (non-hydrogen) atoms. The van der Waals surface area contributed by atoms with E-state index in [1.54, 1.807) is 0 Å². The second-order valence-corrected chi connectivity index (χ2v) is 6.45. The maximum atomic E-state index is 13.0. The molecule has 1 saturated heterocycles. The normalized spacial score (nSPS) is 22.0. The molecule has 1 aliphatic heterocycles. The van der Waals surface area contributed by atoms with E-state index in [1.165, 1.54) is 5.56 Å². The summed E-state index contributed by atoms with van der Waals surface area (Å²) in [5.41, 5.74) is 1.32. The Balaban J connectivity index is 0.00000264. The van der Waals surface area contributed by atoms with Gasteiger partial charge in [0.2, 0.25) is 5.91 Å². The van der Waals surface area contributed by atoms with Crippen LogP contribution in [0.5, 0.6) is 0 Å². The van der Waals surface area contributed by atoms with Crippen LogP contribution < -0.4 is 5.32 Å². The molecule has 0 aliphatic carbocycles. The first kappa shape index (κ1) is 20.0. The van der Waals surface area contributed by atoms with E-state index in [0.717, 1.165) is 38.8 Å². The first-order valence-electron chi connectivity index (χ1n) is 8.73. The van der Waals surface area contributed by atoms with E-state index in [2.05, 4.69) is 55.3 Å². The van der Waals surface area contributed by atoms with Gasteiger partial charge in [0.25, 0.3) is 0 Å². The lowest BCUT2D eigenvalue weighted by molar-refractivity contribution is -0.139. The first-order valence-corrected chi connectivity index (χ1v) is 8.73. The summed E-state index contributed by atoms with van der Waals surface area (Å²) < 4.78 is 0. The van der Waals surface area contributed by atoms with Gasteiger partial charge in [-0.25, -0.2) is 0 Å². The Morgan fingerprint density at radius 2 is 2.00 bits per heavy atom. The number of hydrogen-bond acceptors (Lipinski definition) is 2. The number of nitrogens with one attached hydrogen (secondary N) is 1. The van der Waals surface area contributed by atoms with Crippen LogP contribution in [0.1, 0.15) is 45.6 Å². The van der Waals surface area contributed by atoms with Gasteiger partial charge in [-0.1, -0.05) is 37.3 Å². The minimum Gasteiger partial charge on any atom is -0.339 e. The number of nitrogens with zero attached hydrogens (tertiary/aromatic N) is 1. The third-order valence-corrected chi connectivity index (χ3v) is 4.82. The summed E-state index contributed by atoms with van der Waals surface area (Å²) in [6.07, 6.45) is 3.91. The van der Waals surface area contributed by atoms with Crippen LogP contribution in [-0.2, 0) is 11.2 Å². The number of carbonyl (C=O) groups excluding carboxylic acids is 1. The van der Waals surface area contributed by atoms with E-state index >= 15 is 0 Å². The molecule has 3 atom stereocenters. The van der Waals surface area contributed by atoms with Gasteiger partial charge in [-0.05, 0) is 51.6 Å². The topological polar surface area (TPSA) is 32.3 Å². The highest BCUT2D eigenvalue weighted by Gasteiger charge is 2.30. The van der Waals surface area contributed by atoms with Crippen molar-refractivity contribution in [3.8, 4) is 0 Å². The Morgan fingerprint density at radius 3 is 2.57 bits per heavy atom. The van der Waals surface area contributed by atoms with Gasteiger partial charge in [-0.15, -0.1) is 12.4 Å². The lowest BCUT2D eigenvalue weighted by Crippen LogP contribution is -2.48. The summed E-state index contributed by atoms with van der Waals surface area (Å²) in [4.78, 5) is 15.1. The quantitative estimate of drug-likeness (QED) is 0.858. The second kappa shape index (κ2) is 9.94. The van der Waals surface area contributed by atoms with Gasteiger partial charge >= 0.3 is 0 Å². The van der Waals surface area contributed by atoms with Crippen LogP contribution >= 0.6 is 12.4 Å². The van der Waals surface area contributed by atoms with Gasteiger partial charge in [-0.2, -0.15) is 0 Å². The Bertz CT molecular complexity index is 466. The largest absolute Gasteiger partial charge is 0.339 e. The number of benzene rings is 1. The van der Waals surface area contributed by atoms with Gasteiger partial charge in [0.15, 0.2) is 0 Å². The van der Waals surface area contributed by atoms with Crippen LogP contribution in [0.2, 0.25) is 0 Å². The van der Waals surface area contributed by atoms with E-state index in [-0.39, 0.29) is 18.3 Å². The molecular formula is C19H31ClN2O. The van der Waals surface area contributed by atoms with Crippen LogP contribution in [0.15, 0.2) is 30.3 Å². The average Bonchev–Trinajstić information content (AvgIpc) is 2.55. The molecule has 3 nitrogen and oxygen atoms in total. The maximum Gasteiger partial charge on any atom is 0.226 e. The Labute approximate surface area is 147 Å². The Hall–Kier alpha value is -1.06. The molecule has 4 heteroatoms. The number of likely N-dealkylation sites (N-methyl/N-ethyl adjacent to an activating group) is 1. The van der Waals surface area contributed by atoms with Crippen molar-refractivity contribution >= 4 is 18.3 Å². The van der Waals surface area contributed by atoms with Crippen molar-refractivity contribution in [1.82, 2.24) is 10.2 Å². The third kappa shape index (κ3) is 5.50. The zero-order valence-corrected chi connectivity index (χ0v) is 15.4. The van der Waals surface area contributed by atoms with Crippen molar-refractivity contribution in [1.29, 1.82) is 0 Å². The zero-order chi connectivity index (χ0) is 15.9. The number of rotatable bonds is 6. The Morgan fingerprint density at radius 1 is 1.30 bits per heavy atom. The highest BCUT2D eigenvalue weighted by atomic mass is 35.5. The number of carbonyl (C=O) groups is 1. The molecule has 130 valence electrons. The molecule has 0 saturated carbocycles. The summed E-state index contributed by atoms with van der Waals surface area (Å²) in [6.45, 7) is 8.24. The molecule has 1 aromatic carbocycles. The summed E-state index contributed by atoms with van der Waals surface area (Å²) >= 11 is 0. The standard InChI is InChI=1S/C19H30N2O.ClH/c1-4-18(14-16-9-7-6-8-10-16)21(5-2)19(22)17-11-12-20-15(3)13-17;/h6-10,15,17-18,20H,4-5,11-14H2,1-3H3;1H/t15-,17-,18?;/m0./s1. The van der Waals surface area contributed by atoms with Crippen LogP contribution in [0, 0.1) is 5.92 Å². The van der Waals surface area contributed by atoms with Gasteiger partial charge in [0, 0.05) is 24.5 Å². The molecule has 1 heterocycles. The van der Waals surface area contributed by atoms with Crippen molar-refractivity contribution in [2.24, 2.45) is 5.92 Å². The molecule has 1 fully saturated rings. The molecule has 1 unspecified atom stereocenters. The van der Waals surface area contributed by atoms with Crippen LogP contribution in [0.4, 0.5) is 0 Å². The monoisotopic (exact) mass is 338 g/mol. The second-order valence-electron chi connectivity index (χ2n) is 6.45. The van der Waals surface area contributed by atoms with Crippen molar-refractivity contribution in [3.63, 3.8) is 0 Å². The fourth-order valence-electron chi connectivity index (χ4n) is 3.55. The van der Waals surface area contributed by atoms with Crippen molar-refractivity contribution in [2.75, 3.05) is 13.1 Å². The molecule has 1 aliphatic rings. The summed E-state index contributed by atoms with van der Waals surface area (Å²) in [5.74, 6) is 0.555. The predicted molar refractivity (Wildman–Crippen MR) is 99.0 cm³/mol. The molecule has 1 N–H and O–H groups in total. The molecule has 0 bridgehead atoms. The van der Waals surface area contributed by atoms with E-state index in [0.29, 0.717) is 18.0 Å². The van der Waals surface area contributed by atoms with Gasteiger partial charge < -0.3 is 10.2 Å². The van der Waals surface area contributed by atoms with E-state index in [4.69, 9.17) is 0 Å². The summed E-state index contributed by atoms with van der Waals surface area (Å²) in [7, 11) is 0. The predicted octanol–water partition coefficient (Wildman–Crippen LogP) is 3.67. The molecule has 0 aromatic heterocycles. The SMILES string of the molecule is CCC(Cc1ccccc1)N(CC)C(=O)[C@H]1CCN[C@@H](C)C1.Cl. The maximum absolute atomic E-state index is 13.0. The number of piperidine rings is 1. The molecule has 0 spiro atoms. The van der Waals surface area contributed by atoms with Gasteiger partial charge in [0.1, 0.15) is 0 Å². The lowest BCUT2D eigenvalue weighted by atomic mass is 9.90. The van der Waals surface area contributed by atoms with E-state index in [1.807, 2.05) is 6.07 Å². The molecule has 2 rings (SSSR count). The zero-order valence-electron chi connectivity index (χ0n) is 14.6. The summed E-state index contributed by atoms with van der Waals surface area (Å²) in [6, 6.07) is 11.3. The minimum absolute atomic E-state index is 0. The van der Waals surface area contributed by atoms with Crippen LogP contribution in [0.3, 0.4) is 0 Å². The van der Waals surface area contributed by atoms with Crippen molar-refractivity contribution in [3.05, 3.63) is 35.9 Å². The molecular weight excluding hydrogens is 308 g/mol. The van der Waals surface area contributed by atoms with E-state index < -0.39 is 0 Å². The molecule has 1 aromatic rings. The number of amides is 1. The molecule has 1 amide bonds. The van der Waals surface area contributed by atoms with Crippen LogP contribution in [0.25, 0.3) is 0 Å². The fourth-order valence-corrected chi connectivity index (χ4v) is 3.55. The number of halogens is 1. The van der Waals surface area contributed by atoms with E-state index in [9.17, 15) is 4.79 Å². The van der Waals surface area contributed by atoms with Crippen molar-refractivity contribution < 1.29 is 4.79 Å². The average molecular weight is 339 g/mol. The smallest absolute Gasteiger partial charge is 0.226 e. The van der Waals surface area contributed by atoms with Crippen LogP contribution in [-0.4, -0.2) is 36.0 Å². The van der Waals surface area contributed by atoms with Gasteiger partial charge in [0.05, 0.1) is 0 Å². The summed E-state index contributed by atoms with van der Waals surface area (Å²) in [5, 5.41) is 3.44. The van der Waals surface area contributed by atoms with Crippen molar-refractivity contribution in [2.45, 2.75) is 58.5 Å². The fraction of sp³-hybridized carbons (Fsp3) is 0.632. The number of hydrogen-bond donors (Lipinski definition) is 1. The Kier molecular flexibility index (Phi) is 8.64. The lowest BCUT2D eigenvalue weighted by Gasteiger charge is -2.36.